The van der Waals surface area contributed by atoms with Crippen LogP contribution in [0.1, 0.15) is 25.0 Å². The summed E-state index contributed by atoms with van der Waals surface area (Å²) in [6.45, 7) is 3.69. The van der Waals surface area contributed by atoms with Gasteiger partial charge >= 0.3 is 12.1 Å². The van der Waals surface area contributed by atoms with Crippen molar-refractivity contribution in [3.63, 3.8) is 0 Å². The number of hydrogen-bond acceptors (Lipinski definition) is 5. The van der Waals surface area contributed by atoms with Crippen LogP contribution in [-0.4, -0.2) is 37.2 Å². The van der Waals surface area contributed by atoms with Crippen molar-refractivity contribution in [1.82, 2.24) is 10.6 Å². The van der Waals surface area contributed by atoms with Gasteiger partial charge in [-0.15, -0.1) is 0 Å². The Morgan fingerprint density at radius 1 is 0.935 bits per heavy atom. The van der Waals surface area contributed by atoms with E-state index in [0.717, 1.165) is 14.7 Å². The first-order valence-corrected chi connectivity index (χ1v) is 11.0. The van der Waals surface area contributed by atoms with E-state index in [4.69, 9.17) is 9.47 Å². The molecule has 0 saturated carbocycles. The lowest BCUT2D eigenvalue weighted by Crippen LogP contribution is -2.54. The summed E-state index contributed by atoms with van der Waals surface area (Å²) in [4.78, 5) is 37.4. The monoisotopic (exact) mass is 538 g/mol. The number of esters is 1. The summed E-state index contributed by atoms with van der Waals surface area (Å²) in [7, 11) is 1.27. The Morgan fingerprint density at radius 2 is 1.58 bits per heavy atom. The van der Waals surface area contributed by atoms with Gasteiger partial charge in [0.15, 0.2) is 0 Å². The fourth-order valence-electron chi connectivity index (χ4n) is 2.88. The van der Waals surface area contributed by atoms with Crippen LogP contribution in [-0.2, 0) is 32.1 Å². The lowest BCUT2D eigenvalue weighted by Gasteiger charge is -2.24. The largest absolute Gasteiger partial charge is 0.467 e. The molecule has 0 heterocycles. The molecule has 0 unspecified atom stereocenters. The van der Waals surface area contributed by atoms with Gasteiger partial charge in [0.2, 0.25) is 5.91 Å². The minimum Gasteiger partial charge on any atom is -0.467 e. The molecule has 2 N–H and O–H groups in total. The smallest absolute Gasteiger partial charge is 0.408 e. The van der Waals surface area contributed by atoms with Crippen molar-refractivity contribution in [1.29, 1.82) is 0 Å². The second kappa shape index (κ2) is 12.3. The van der Waals surface area contributed by atoms with E-state index in [9.17, 15) is 14.4 Å². The molecule has 0 spiro atoms. The predicted molar refractivity (Wildman–Crippen MR) is 125 cm³/mol. The Bertz CT molecular complexity index is 871. The molecule has 2 aromatic rings. The van der Waals surface area contributed by atoms with Gasteiger partial charge in [-0.2, -0.15) is 0 Å². The minimum atomic E-state index is -0.874. The maximum atomic E-state index is 12.9. The van der Waals surface area contributed by atoms with Gasteiger partial charge in [0.25, 0.3) is 0 Å². The van der Waals surface area contributed by atoms with Crippen LogP contribution in [0, 0.1) is 9.49 Å². The predicted octanol–water partition coefficient (Wildman–Crippen LogP) is 3.44. The number of hydrogen-bond donors (Lipinski definition) is 2. The molecule has 2 amide bonds. The van der Waals surface area contributed by atoms with Crippen molar-refractivity contribution in [2.75, 3.05) is 7.11 Å². The molecule has 8 heteroatoms. The number of carbonyl (C=O) groups excluding carboxylic acids is 3. The molecule has 7 nitrogen and oxygen atoms in total. The summed E-state index contributed by atoms with van der Waals surface area (Å²) in [6.07, 6.45) is -0.427. The molecular weight excluding hydrogens is 511 g/mol. The summed E-state index contributed by atoms with van der Waals surface area (Å²) in [5.41, 5.74) is 1.72. The Labute approximate surface area is 196 Å². The van der Waals surface area contributed by atoms with Crippen LogP contribution in [0.5, 0.6) is 0 Å². The number of benzene rings is 2. The van der Waals surface area contributed by atoms with Crippen LogP contribution in [0.2, 0.25) is 0 Å². The third-order valence-corrected chi connectivity index (χ3v) is 5.31. The van der Waals surface area contributed by atoms with Crippen molar-refractivity contribution in [3.8, 4) is 0 Å². The number of amides is 2. The Hall–Kier alpha value is -2.62. The van der Waals surface area contributed by atoms with E-state index in [1.165, 1.54) is 7.11 Å². The molecule has 2 aromatic carbocycles. The zero-order chi connectivity index (χ0) is 22.8. The minimum absolute atomic E-state index is 0.0939. The molecule has 0 aliphatic rings. The summed E-state index contributed by atoms with van der Waals surface area (Å²) in [5, 5.41) is 5.30. The standard InChI is InChI=1S/C23H27IN2O5/c1-15(2)20(26-23(29)31-14-17-7-5-4-6-8-17)21(27)25-19(22(28)30-3)13-16-9-11-18(24)12-10-16/h4-12,15,19-20H,13-14H2,1-3H3,(H,25,27)(H,26,29)/t19-,20+/m0/s1. The Kier molecular flexibility index (Phi) is 9.77. The maximum Gasteiger partial charge on any atom is 0.408 e. The normalized spacial score (nSPS) is 12.5. The van der Waals surface area contributed by atoms with Crippen LogP contribution >= 0.6 is 22.6 Å². The first-order valence-electron chi connectivity index (χ1n) is 9.90. The second-order valence-corrected chi connectivity index (χ2v) is 8.59. The fraction of sp³-hybridized carbons (Fsp3) is 0.348. The van der Waals surface area contributed by atoms with Gasteiger partial charge in [0.05, 0.1) is 7.11 Å². The van der Waals surface area contributed by atoms with Gasteiger partial charge in [-0.05, 0) is 51.8 Å². The highest BCUT2D eigenvalue weighted by atomic mass is 127. The van der Waals surface area contributed by atoms with E-state index >= 15 is 0 Å². The van der Waals surface area contributed by atoms with Gasteiger partial charge in [-0.25, -0.2) is 9.59 Å². The Balaban J connectivity index is 2.00. The van der Waals surface area contributed by atoms with Crippen molar-refractivity contribution in [2.45, 2.75) is 39.0 Å². The van der Waals surface area contributed by atoms with Crippen LogP contribution in [0.15, 0.2) is 54.6 Å². The SMILES string of the molecule is COC(=O)[C@H](Cc1ccc(I)cc1)NC(=O)[C@H](NC(=O)OCc1ccccc1)C(C)C. The van der Waals surface area contributed by atoms with Crippen LogP contribution in [0.3, 0.4) is 0 Å². The van der Waals surface area contributed by atoms with Crippen LogP contribution in [0.25, 0.3) is 0 Å². The zero-order valence-electron chi connectivity index (χ0n) is 17.8. The quantitative estimate of drug-likeness (QED) is 0.377. The molecule has 0 aliphatic heterocycles. The molecule has 0 radical (unpaired) electrons. The molecule has 0 aromatic heterocycles. The third-order valence-electron chi connectivity index (χ3n) is 4.59. The summed E-state index contributed by atoms with van der Waals surface area (Å²) < 4.78 is 11.1. The Morgan fingerprint density at radius 3 is 2.16 bits per heavy atom. The molecule has 166 valence electrons. The number of rotatable bonds is 9. The molecule has 2 rings (SSSR count). The van der Waals surface area contributed by atoms with Gasteiger partial charge in [-0.3, -0.25) is 4.79 Å². The lowest BCUT2D eigenvalue weighted by atomic mass is 10.0. The van der Waals surface area contributed by atoms with Gasteiger partial charge in [0.1, 0.15) is 18.7 Å². The average Bonchev–Trinajstić information content (AvgIpc) is 2.76. The molecule has 0 saturated heterocycles. The third kappa shape index (κ3) is 8.20. The first kappa shape index (κ1) is 24.6. The van der Waals surface area contributed by atoms with E-state index in [0.29, 0.717) is 0 Å². The van der Waals surface area contributed by atoms with E-state index < -0.39 is 30.1 Å². The lowest BCUT2D eigenvalue weighted by molar-refractivity contribution is -0.145. The van der Waals surface area contributed by atoms with Gasteiger partial charge < -0.3 is 20.1 Å². The highest BCUT2D eigenvalue weighted by Crippen LogP contribution is 2.11. The number of nitrogens with one attached hydrogen (secondary N) is 2. The van der Waals surface area contributed by atoms with E-state index in [2.05, 4.69) is 33.2 Å². The molecule has 31 heavy (non-hydrogen) atoms. The van der Waals surface area contributed by atoms with Crippen molar-refractivity contribution < 1.29 is 23.9 Å². The zero-order valence-corrected chi connectivity index (χ0v) is 19.9. The molecule has 0 fully saturated rings. The second-order valence-electron chi connectivity index (χ2n) is 7.34. The van der Waals surface area contributed by atoms with Crippen molar-refractivity contribution in [2.24, 2.45) is 5.92 Å². The number of methoxy groups -OCH3 is 1. The van der Waals surface area contributed by atoms with Crippen molar-refractivity contribution in [3.05, 3.63) is 69.3 Å². The van der Waals surface area contributed by atoms with Crippen molar-refractivity contribution >= 4 is 40.6 Å². The van der Waals surface area contributed by atoms with E-state index in [-0.39, 0.29) is 18.9 Å². The van der Waals surface area contributed by atoms with Gasteiger partial charge in [-0.1, -0.05) is 56.3 Å². The average molecular weight is 538 g/mol. The highest BCUT2D eigenvalue weighted by molar-refractivity contribution is 14.1. The fourth-order valence-corrected chi connectivity index (χ4v) is 3.24. The maximum absolute atomic E-state index is 12.9. The van der Waals surface area contributed by atoms with E-state index in [1.54, 1.807) is 13.8 Å². The number of alkyl carbamates (subject to hydrolysis) is 1. The van der Waals surface area contributed by atoms with Crippen LogP contribution < -0.4 is 10.6 Å². The first-order chi connectivity index (χ1) is 14.8. The number of carbonyl (C=O) groups is 3. The summed E-state index contributed by atoms with van der Waals surface area (Å²) in [6, 6.07) is 15.1. The molecule has 0 bridgehead atoms. The number of ether oxygens (including phenoxy) is 2. The molecular formula is C23H27IN2O5. The van der Waals surface area contributed by atoms with Gasteiger partial charge in [0, 0.05) is 9.99 Å². The molecule has 0 aliphatic carbocycles. The van der Waals surface area contributed by atoms with E-state index in [1.807, 2.05) is 54.6 Å². The summed E-state index contributed by atoms with van der Waals surface area (Å²) >= 11 is 2.19. The van der Waals surface area contributed by atoms with Crippen LogP contribution in [0.4, 0.5) is 4.79 Å². The number of halogens is 1. The highest BCUT2D eigenvalue weighted by Gasteiger charge is 2.29. The topological polar surface area (TPSA) is 93.7 Å². The summed E-state index contributed by atoms with van der Waals surface area (Å²) in [5.74, 6) is -1.26. The molecule has 2 atom stereocenters.